The molecule has 0 saturated carbocycles. The maximum atomic E-state index is 12.7. The van der Waals surface area contributed by atoms with E-state index in [-0.39, 0.29) is 41.7 Å². The van der Waals surface area contributed by atoms with Crippen molar-refractivity contribution >= 4 is 40.3 Å². The Morgan fingerprint density at radius 2 is 1.85 bits per heavy atom. The van der Waals surface area contributed by atoms with E-state index < -0.39 is 23.5 Å². The summed E-state index contributed by atoms with van der Waals surface area (Å²) in [6.07, 6.45) is 2.08. The molecule has 0 fully saturated rings. The first kappa shape index (κ1) is 24.0. The third-order valence-corrected chi connectivity index (χ3v) is 5.34. The summed E-state index contributed by atoms with van der Waals surface area (Å²) >= 11 is -0.252. The van der Waals surface area contributed by atoms with Gasteiger partial charge in [0.2, 0.25) is 5.91 Å². The number of rotatable bonds is 8. The lowest BCUT2D eigenvalue weighted by Gasteiger charge is -2.18. The Labute approximate surface area is 191 Å². The van der Waals surface area contributed by atoms with Crippen LogP contribution in [-0.4, -0.2) is 35.0 Å². The van der Waals surface area contributed by atoms with Crippen molar-refractivity contribution in [1.82, 2.24) is 15.6 Å². The summed E-state index contributed by atoms with van der Waals surface area (Å²) in [6.45, 7) is 0.140. The van der Waals surface area contributed by atoms with Crippen LogP contribution in [-0.2, 0) is 11.2 Å². The van der Waals surface area contributed by atoms with Crippen molar-refractivity contribution in [2.75, 3.05) is 11.9 Å². The molecule has 1 aromatic heterocycles. The van der Waals surface area contributed by atoms with Gasteiger partial charge in [-0.15, -0.1) is 0 Å². The number of carbonyl (C=O) groups is 2. The van der Waals surface area contributed by atoms with Crippen molar-refractivity contribution in [3.05, 3.63) is 60.3 Å². The van der Waals surface area contributed by atoms with Crippen molar-refractivity contribution in [3.8, 4) is 6.07 Å². The van der Waals surface area contributed by atoms with Crippen LogP contribution in [0, 0.1) is 11.3 Å². The molecule has 0 aliphatic carbocycles. The number of carbonyl (C=O) groups excluding carboxylic acids is 2. The van der Waals surface area contributed by atoms with Gasteiger partial charge in [-0.1, -0.05) is 18.2 Å². The molecule has 1 atom stereocenters. The van der Waals surface area contributed by atoms with Crippen molar-refractivity contribution in [3.63, 3.8) is 0 Å². The third kappa shape index (κ3) is 7.18. The highest BCUT2D eigenvalue weighted by Gasteiger charge is 2.29. The Kier molecular flexibility index (Phi) is 7.84. The predicted octanol–water partition coefficient (Wildman–Crippen LogP) is 4.54. The molecule has 0 radical (unpaired) electrons. The van der Waals surface area contributed by atoms with E-state index in [9.17, 15) is 22.8 Å². The average molecular weight is 475 g/mol. The van der Waals surface area contributed by atoms with Crippen molar-refractivity contribution < 1.29 is 22.8 Å². The lowest BCUT2D eigenvalue weighted by Crippen LogP contribution is -2.49. The summed E-state index contributed by atoms with van der Waals surface area (Å²) in [5.41, 5.74) is -2.42. The number of aromatic nitrogens is 1. The number of aromatic amines is 1. The van der Waals surface area contributed by atoms with Crippen molar-refractivity contribution in [2.45, 2.75) is 29.3 Å². The minimum atomic E-state index is -4.40. The topological polar surface area (TPSA) is 110 Å². The first-order valence-corrected chi connectivity index (χ1v) is 10.7. The van der Waals surface area contributed by atoms with Gasteiger partial charge in [0.15, 0.2) is 0 Å². The molecule has 3 rings (SSSR count). The second kappa shape index (κ2) is 10.8. The smallest absolute Gasteiger partial charge is 0.361 e. The van der Waals surface area contributed by atoms with Gasteiger partial charge >= 0.3 is 11.5 Å². The monoisotopic (exact) mass is 475 g/mol. The SMILES string of the molecule is N#CCCNC(=O)C(Cc1c[nH]c2ccccc12)NC(=O)Nc1ccc(SC(F)(F)F)cc1. The number of halogens is 3. The van der Waals surface area contributed by atoms with E-state index in [2.05, 4.69) is 20.9 Å². The van der Waals surface area contributed by atoms with Gasteiger partial charge < -0.3 is 20.9 Å². The number of benzene rings is 2. The molecular formula is C22H20F3N5O2S. The van der Waals surface area contributed by atoms with Crippen molar-refractivity contribution in [1.29, 1.82) is 5.26 Å². The minimum Gasteiger partial charge on any atom is -0.361 e. The van der Waals surface area contributed by atoms with Crippen LogP contribution >= 0.6 is 11.8 Å². The Morgan fingerprint density at radius 3 is 2.55 bits per heavy atom. The van der Waals surface area contributed by atoms with E-state index in [1.165, 1.54) is 24.3 Å². The Balaban J connectivity index is 1.69. The molecule has 11 heteroatoms. The number of nitriles is 1. The van der Waals surface area contributed by atoms with Crippen LogP contribution in [0.25, 0.3) is 10.9 Å². The second-order valence-corrected chi connectivity index (χ2v) is 8.12. The van der Waals surface area contributed by atoms with Gasteiger partial charge in [0, 0.05) is 40.6 Å². The number of nitrogens with one attached hydrogen (secondary N) is 4. The number of hydrogen-bond acceptors (Lipinski definition) is 4. The van der Waals surface area contributed by atoms with Gasteiger partial charge in [-0.05, 0) is 47.7 Å². The number of anilines is 1. The van der Waals surface area contributed by atoms with Gasteiger partial charge in [-0.3, -0.25) is 4.79 Å². The zero-order valence-corrected chi connectivity index (χ0v) is 18.0. The fraction of sp³-hybridized carbons (Fsp3) is 0.227. The van der Waals surface area contributed by atoms with E-state index >= 15 is 0 Å². The first-order valence-electron chi connectivity index (χ1n) is 9.88. The number of fused-ring (bicyclic) bond motifs is 1. The summed E-state index contributed by atoms with van der Waals surface area (Å²) in [6, 6.07) is 13.0. The molecule has 0 saturated heterocycles. The van der Waals surface area contributed by atoms with Crippen LogP contribution in [0.3, 0.4) is 0 Å². The standard InChI is InChI=1S/C22H20F3N5O2S/c23-22(24,25)33-16-8-6-15(7-9-16)29-21(32)30-19(20(31)27-11-3-10-26)12-14-13-28-18-5-2-1-4-17(14)18/h1-2,4-9,13,19,28H,3,11-12H2,(H,27,31)(H2,29,30,32). The normalized spacial score (nSPS) is 12.1. The maximum Gasteiger partial charge on any atom is 0.446 e. The fourth-order valence-electron chi connectivity index (χ4n) is 3.16. The number of amides is 3. The van der Waals surface area contributed by atoms with Crippen LogP contribution < -0.4 is 16.0 Å². The van der Waals surface area contributed by atoms with Crippen LogP contribution in [0.5, 0.6) is 0 Å². The maximum absolute atomic E-state index is 12.7. The lowest BCUT2D eigenvalue weighted by molar-refractivity contribution is -0.122. The number of thioether (sulfide) groups is 1. The highest BCUT2D eigenvalue weighted by molar-refractivity contribution is 8.00. The molecule has 3 aromatic rings. The summed E-state index contributed by atoms with van der Waals surface area (Å²) < 4.78 is 37.4. The fourth-order valence-corrected chi connectivity index (χ4v) is 3.70. The average Bonchev–Trinajstić information content (AvgIpc) is 3.17. The summed E-state index contributed by atoms with van der Waals surface area (Å²) in [7, 11) is 0. The number of hydrogen-bond donors (Lipinski definition) is 4. The van der Waals surface area contributed by atoms with E-state index in [0.29, 0.717) is 0 Å². The molecule has 4 N–H and O–H groups in total. The molecule has 2 aromatic carbocycles. The van der Waals surface area contributed by atoms with Gasteiger partial charge in [-0.2, -0.15) is 18.4 Å². The Morgan fingerprint density at radius 1 is 1.12 bits per heavy atom. The van der Waals surface area contributed by atoms with E-state index in [4.69, 9.17) is 5.26 Å². The molecule has 3 amide bonds. The summed E-state index contributed by atoms with van der Waals surface area (Å²) in [5, 5.41) is 17.3. The summed E-state index contributed by atoms with van der Waals surface area (Å²) in [4.78, 5) is 28.3. The molecule has 1 unspecified atom stereocenters. The minimum absolute atomic E-state index is 0.0115. The lowest BCUT2D eigenvalue weighted by atomic mass is 10.0. The number of urea groups is 1. The molecule has 0 aliphatic rings. The van der Waals surface area contributed by atoms with E-state index in [0.717, 1.165) is 16.5 Å². The highest BCUT2D eigenvalue weighted by atomic mass is 32.2. The molecule has 172 valence electrons. The zero-order chi connectivity index (χ0) is 23.8. The van der Waals surface area contributed by atoms with Gasteiger partial charge in [0.25, 0.3) is 0 Å². The predicted molar refractivity (Wildman–Crippen MR) is 120 cm³/mol. The number of H-pyrrole nitrogens is 1. The van der Waals surface area contributed by atoms with Gasteiger partial charge in [-0.25, -0.2) is 4.79 Å². The Bertz CT molecular complexity index is 1160. The largest absolute Gasteiger partial charge is 0.446 e. The van der Waals surface area contributed by atoms with Crippen molar-refractivity contribution in [2.24, 2.45) is 0 Å². The van der Waals surface area contributed by atoms with Crippen LogP contribution in [0.2, 0.25) is 0 Å². The molecular weight excluding hydrogens is 455 g/mol. The number of para-hydroxylation sites is 1. The summed E-state index contributed by atoms with van der Waals surface area (Å²) in [5.74, 6) is -0.456. The van der Waals surface area contributed by atoms with E-state index in [1.807, 2.05) is 30.3 Å². The van der Waals surface area contributed by atoms with Crippen LogP contribution in [0.1, 0.15) is 12.0 Å². The second-order valence-electron chi connectivity index (χ2n) is 6.99. The molecule has 0 bridgehead atoms. The zero-order valence-electron chi connectivity index (χ0n) is 17.2. The quantitative estimate of drug-likeness (QED) is 0.283. The molecule has 0 spiro atoms. The number of nitrogens with zero attached hydrogens (tertiary/aromatic N) is 1. The van der Waals surface area contributed by atoms with Crippen LogP contribution in [0.15, 0.2) is 59.6 Å². The highest BCUT2D eigenvalue weighted by Crippen LogP contribution is 2.37. The number of alkyl halides is 3. The third-order valence-electron chi connectivity index (χ3n) is 4.60. The van der Waals surface area contributed by atoms with Gasteiger partial charge in [0.05, 0.1) is 12.5 Å². The first-order chi connectivity index (χ1) is 15.7. The Hall–Kier alpha value is -3.65. The molecule has 33 heavy (non-hydrogen) atoms. The molecule has 0 aliphatic heterocycles. The molecule has 7 nitrogen and oxygen atoms in total. The van der Waals surface area contributed by atoms with E-state index in [1.54, 1.807) is 6.20 Å². The van der Waals surface area contributed by atoms with Gasteiger partial charge in [0.1, 0.15) is 6.04 Å². The van der Waals surface area contributed by atoms with Crippen LogP contribution in [0.4, 0.5) is 23.7 Å². The molecule has 1 heterocycles.